The Labute approximate surface area is 141 Å². The van der Waals surface area contributed by atoms with Crippen LogP contribution in [0.25, 0.3) is 0 Å². The van der Waals surface area contributed by atoms with Crippen molar-refractivity contribution in [1.29, 1.82) is 0 Å². The lowest BCUT2D eigenvalue weighted by molar-refractivity contribution is 0.205. The molecule has 0 saturated carbocycles. The zero-order valence-electron chi connectivity index (χ0n) is 15.1. The van der Waals surface area contributed by atoms with Crippen LogP contribution in [0.5, 0.6) is 0 Å². The molecule has 0 saturated heterocycles. The van der Waals surface area contributed by atoms with Gasteiger partial charge in [0.2, 0.25) is 0 Å². The predicted octanol–water partition coefficient (Wildman–Crippen LogP) is 5.72. The van der Waals surface area contributed by atoms with Crippen molar-refractivity contribution in [1.82, 2.24) is 0 Å². The summed E-state index contributed by atoms with van der Waals surface area (Å²) >= 11 is 0. The maximum atomic E-state index is 5.72. The number of benzene rings is 1. The normalized spacial score (nSPS) is 14.1. The quantitative estimate of drug-likeness (QED) is 0.342. The molecule has 1 rings (SSSR count). The summed E-state index contributed by atoms with van der Waals surface area (Å²) in [5.74, 6) is 1.03. The van der Waals surface area contributed by atoms with Gasteiger partial charge in [0, 0.05) is 13.5 Å². The van der Waals surface area contributed by atoms with Gasteiger partial charge < -0.3 is 4.74 Å². The molecule has 0 spiro atoms. The Morgan fingerprint density at radius 1 is 1.04 bits per heavy atom. The fraction of sp³-hybridized carbons (Fsp3) is 0.381. The van der Waals surface area contributed by atoms with Gasteiger partial charge in [-0.1, -0.05) is 50.3 Å². The topological polar surface area (TPSA) is 21.6 Å². The van der Waals surface area contributed by atoms with Crippen LogP contribution in [-0.2, 0) is 4.74 Å². The second-order valence-corrected chi connectivity index (χ2v) is 5.49. The van der Waals surface area contributed by atoms with Crippen LogP contribution in [0.4, 0.5) is 0 Å². The van der Waals surface area contributed by atoms with Crippen LogP contribution < -0.4 is 0 Å². The van der Waals surface area contributed by atoms with Crippen molar-refractivity contribution in [2.45, 2.75) is 40.5 Å². The highest BCUT2D eigenvalue weighted by atomic mass is 16.5. The molecule has 1 aromatic carbocycles. The maximum absolute atomic E-state index is 5.72. The third-order valence-electron chi connectivity index (χ3n) is 3.64. The molecule has 23 heavy (non-hydrogen) atoms. The summed E-state index contributed by atoms with van der Waals surface area (Å²) in [6, 6.07) is 10.3. The lowest BCUT2D eigenvalue weighted by Gasteiger charge is -2.07. The third-order valence-corrected chi connectivity index (χ3v) is 3.64. The smallest absolute Gasteiger partial charge is 0.0957 e. The molecule has 0 radical (unpaired) electrons. The number of hydrogen-bond donors (Lipinski definition) is 0. The molecule has 0 bridgehead atoms. The molecule has 124 valence electrons. The van der Waals surface area contributed by atoms with E-state index in [9.17, 15) is 0 Å². The summed E-state index contributed by atoms with van der Waals surface area (Å²) in [4.78, 5) is 4.41. The zero-order chi connectivity index (χ0) is 17.1. The number of rotatable bonds is 8. The average molecular weight is 311 g/mol. The molecule has 0 fully saturated rings. The van der Waals surface area contributed by atoms with Gasteiger partial charge in [-0.25, -0.2) is 0 Å². The van der Waals surface area contributed by atoms with E-state index < -0.39 is 0 Å². The zero-order valence-corrected chi connectivity index (χ0v) is 15.1. The summed E-state index contributed by atoms with van der Waals surface area (Å²) in [7, 11) is 1.83. The molecule has 0 aliphatic carbocycles. The van der Waals surface area contributed by atoms with Crippen LogP contribution in [-0.4, -0.2) is 19.4 Å². The predicted molar refractivity (Wildman–Crippen MR) is 101 cm³/mol. The van der Waals surface area contributed by atoms with Crippen molar-refractivity contribution in [3.05, 3.63) is 71.0 Å². The van der Waals surface area contributed by atoms with Gasteiger partial charge in [-0.2, -0.15) is 0 Å². The standard InChI is InChI=1S/C21H29NO/c1-6-15-23-20(7-2)14-13-17(3)18(4)16-21(22-5)19-11-9-8-10-12-19/h8-14,16H,6-7,15H2,1-5H3. The van der Waals surface area contributed by atoms with E-state index in [2.05, 4.69) is 63.0 Å². The van der Waals surface area contributed by atoms with Gasteiger partial charge in [0.05, 0.1) is 18.1 Å². The van der Waals surface area contributed by atoms with E-state index in [1.54, 1.807) is 0 Å². The molecule has 0 amide bonds. The first-order valence-electron chi connectivity index (χ1n) is 8.33. The molecule has 0 aliphatic heterocycles. The first kappa shape index (κ1) is 19.0. The fourth-order valence-corrected chi connectivity index (χ4v) is 2.06. The minimum atomic E-state index is 0.780. The minimum Gasteiger partial charge on any atom is -0.498 e. The average Bonchev–Trinajstić information content (AvgIpc) is 2.60. The Bertz CT molecular complexity index is 592. The molecule has 0 N–H and O–H groups in total. The molecule has 0 heterocycles. The van der Waals surface area contributed by atoms with Gasteiger partial charge in [-0.15, -0.1) is 0 Å². The van der Waals surface area contributed by atoms with Crippen LogP contribution in [0.3, 0.4) is 0 Å². The minimum absolute atomic E-state index is 0.780. The Kier molecular flexibility index (Phi) is 8.74. The first-order valence-corrected chi connectivity index (χ1v) is 8.33. The van der Waals surface area contributed by atoms with Crippen LogP contribution in [0.15, 0.2) is 70.5 Å². The third kappa shape index (κ3) is 6.68. The number of aliphatic imine (C=N–C) groups is 1. The van der Waals surface area contributed by atoms with E-state index in [0.717, 1.165) is 36.5 Å². The molecule has 0 aliphatic rings. The molecular formula is C21H29NO. The van der Waals surface area contributed by atoms with Gasteiger partial charge in [0.15, 0.2) is 0 Å². The molecule has 1 aromatic rings. The van der Waals surface area contributed by atoms with Gasteiger partial charge in [-0.05, 0) is 49.1 Å². The van der Waals surface area contributed by atoms with E-state index in [-0.39, 0.29) is 0 Å². The van der Waals surface area contributed by atoms with Crippen molar-refractivity contribution >= 4 is 5.71 Å². The molecule has 0 unspecified atom stereocenters. The van der Waals surface area contributed by atoms with E-state index in [1.165, 1.54) is 11.1 Å². The molecular weight excluding hydrogens is 282 g/mol. The van der Waals surface area contributed by atoms with Crippen LogP contribution >= 0.6 is 0 Å². The highest BCUT2D eigenvalue weighted by Crippen LogP contribution is 2.13. The van der Waals surface area contributed by atoms with Gasteiger partial charge in [0.25, 0.3) is 0 Å². The lowest BCUT2D eigenvalue weighted by atomic mass is 10.0. The highest BCUT2D eigenvalue weighted by Gasteiger charge is 2.01. The maximum Gasteiger partial charge on any atom is 0.0957 e. The van der Waals surface area contributed by atoms with Crippen molar-refractivity contribution in [2.75, 3.05) is 13.7 Å². The Hall–Kier alpha value is -2.09. The van der Waals surface area contributed by atoms with Gasteiger partial charge in [0.1, 0.15) is 0 Å². The van der Waals surface area contributed by atoms with E-state index in [1.807, 2.05) is 25.2 Å². The number of allylic oxidation sites excluding steroid dienone is 6. The van der Waals surface area contributed by atoms with Crippen molar-refractivity contribution in [3.8, 4) is 0 Å². The van der Waals surface area contributed by atoms with Crippen molar-refractivity contribution in [2.24, 2.45) is 4.99 Å². The van der Waals surface area contributed by atoms with E-state index in [0.29, 0.717) is 0 Å². The highest BCUT2D eigenvalue weighted by molar-refractivity contribution is 6.09. The molecule has 2 heteroatoms. The van der Waals surface area contributed by atoms with Crippen LogP contribution in [0, 0.1) is 0 Å². The SMILES string of the molecule is CCCOC(=CC=C(C)C(C)=CC(=NC)c1ccccc1)CC. The summed E-state index contributed by atoms with van der Waals surface area (Å²) in [5.41, 5.74) is 4.56. The lowest BCUT2D eigenvalue weighted by Crippen LogP contribution is -1.98. The van der Waals surface area contributed by atoms with Crippen molar-refractivity contribution in [3.63, 3.8) is 0 Å². The first-order chi connectivity index (χ1) is 11.1. The Morgan fingerprint density at radius 2 is 1.74 bits per heavy atom. The number of nitrogens with zero attached hydrogens (tertiary/aromatic N) is 1. The van der Waals surface area contributed by atoms with Crippen LogP contribution in [0.1, 0.15) is 46.1 Å². The summed E-state index contributed by atoms with van der Waals surface area (Å²) in [6.45, 7) is 9.25. The second kappa shape index (κ2) is 10.6. The Morgan fingerprint density at radius 3 is 2.30 bits per heavy atom. The van der Waals surface area contributed by atoms with Gasteiger partial charge >= 0.3 is 0 Å². The fourth-order valence-electron chi connectivity index (χ4n) is 2.06. The van der Waals surface area contributed by atoms with E-state index >= 15 is 0 Å². The van der Waals surface area contributed by atoms with Crippen LogP contribution in [0.2, 0.25) is 0 Å². The number of ether oxygens (including phenoxy) is 1. The van der Waals surface area contributed by atoms with E-state index in [4.69, 9.17) is 4.74 Å². The summed E-state index contributed by atoms with van der Waals surface area (Å²) in [5, 5.41) is 0. The number of hydrogen-bond acceptors (Lipinski definition) is 2. The molecule has 0 aromatic heterocycles. The largest absolute Gasteiger partial charge is 0.498 e. The van der Waals surface area contributed by atoms with Gasteiger partial charge in [-0.3, -0.25) is 4.99 Å². The second-order valence-electron chi connectivity index (χ2n) is 5.49. The Balaban J connectivity index is 2.91. The summed E-state index contributed by atoms with van der Waals surface area (Å²) < 4.78 is 5.72. The van der Waals surface area contributed by atoms with Crippen molar-refractivity contribution < 1.29 is 4.74 Å². The molecule has 0 atom stereocenters. The monoisotopic (exact) mass is 311 g/mol. The molecule has 2 nitrogen and oxygen atoms in total. The summed E-state index contributed by atoms with van der Waals surface area (Å²) in [6.07, 6.45) is 8.28.